The van der Waals surface area contributed by atoms with Crippen molar-refractivity contribution in [2.24, 2.45) is 5.92 Å². The number of hydrogen-bond acceptors (Lipinski definition) is 3. The van der Waals surface area contributed by atoms with E-state index in [0.29, 0.717) is 6.42 Å². The molecule has 9 heteroatoms. The van der Waals surface area contributed by atoms with Crippen molar-refractivity contribution in [2.45, 2.75) is 96.6 Å². The van der Waals surface area contributed by atoms with Gasteiger partial charge in [0.1, 0.15) is 0 Å². The van der Waals surface area contributed by atoms with Gasteiger partial charge in [0, 0.05) is 20.1 Å². The first kappa shape index (κ1) is 29.7. The zero-order valence-electron chi connectivity index (χ0n) is 20.0. The summed E-state index contributed by atoms with van der Waals surface area (Å²) in [5.41, 5.74) is -2.77. The largest absolute Gasteiger partial charge is 0.416 e. The molecule has 0 spiro atoms. The summed E-state index contributed by atoms with van der Waals surface area (Å²) < 4.78 is 96.9. The van der Waals surface area contributed by atoms with Crippen LogP contribution in [0, 0.1) is 5.92 Å². The monoisotopic (exact) mass is 486 g/mol. The average Bonchev–Trinajstić information content (AvgIpc) is 2.72. The van der Waals surface area contributed by atoms with Crippen LogP contribution in [0.4, 0.5) is 26.3 Å². The fourth-order valence-corrected chi connectivity index (χ4v) is 3.93. The molecular weight excluding hydrogens is 450 g/mol. The highest BCUT2D eigenvalue weighted by atomic mass is 19.4. The van der Waals surface area contributed by atoms with Gasteiger partial charge in [-0.15, -0.1) is 0 Å². The topological polar surface area (TPSA) is 27.7 Å². The molecular formula is C24H36F6O3. The lowest BCUT2D eigenvalue weighted by Crippen LogP contribution is -2.47. The van der Waals surface area contributed by atoms with E-state index in [1.807, 2.05) is 0 Å². The summed E-state index contributed by atoms with van der Waals surface area (Å²) in [6.07, 6.45) is -3.93. The van der Waals surface area contributed by atoms with Crippen molar-refractivity contribution in [3.8, 4) is 0 Å². The average molecular weight is 487 g/mol. The van der Waals surface area contributed by atoms with E-state index in [4.69, 9.17) is 14.2 Å². The molecule has 0 fully saturated rings. The minimum absolute atomic E-state index is 0.0982. The van der Waals surface area contributed by atoms with E-state index in [0.717, 1.165) is 50.7 Å². The SMILES string of the molecule is CCCCCCCCC(Cc1cc(C(F)(F)F)cc(C(F)(F)F)c1)C(OC)(OC)OC(C)C. The third-order valence-corrected chi connectivity index (χ3v) is 5.50. The zero-order valence-corrected chi connectivity index (χ0v) is 20.0. The molecule has 33 heavy (non-hydrogen) atoms. The fourth-order valence-electron chi connectivity index (χ4n) is 3.93. The highest BCUT2D eigenvalue weighted by molar-refractivity contribution is 5.34. The van der Waals surface area contributed by atoms with Gasteiger partial charge in [0.15, 0.2) is 0 Å². The fraction of sp³-hybridized carbons (Fsp3) is 0.750. The molecule has 0 aromatic heterocycles. The van der Waals surface area contributed by atoms with E-state index in [2.05, 4.69) is 6.92 Å². The first-order chi connectivity index (χ1) is 15.3. The second-order valence-electron chi connectivity index (χ2n) is 8.55. The van der Waals surface area contributed by atoms with E-state index in [1.54, 1.807) is 13.8 Å². The Morgan fingerprint density at radius 2 is 1.24 bits per heavy atom. The Kier molecular flexibility index (Phi) is 11.7. The van der Waals surface area contributed by atoms with Crippen LogP contribution in [0.15, 0.2) is 18.2 Å². The number of hydrogen-bond donors (Lipinski definition) is 0. The lowest BCUT2D eigenvalue weighted by atomic mass is 9.89. The number of benzene rings is 1. The number of methoxy groups -OCH3 is 2. The minimum atomic E-state index is -4.90. The van der Waals surface area contributed by atoms with Crippen molar-refractivity contribution in [3.63, 3.8) is 0 Å². The lowest BCUT2D eigenvalue weighted by molar-refractivity contribution is -0.398. The molecule has 1 rings (SSSR count). The van der Waals surface area contributed by atoms with E-state index >= 15 is 0 Å². The molecule has 0 aliphatic heterocycles. The van der Waals surface area contributed by atoms with Crippen LogP contribution in [0.3, 0.4) is 0 Å². The first-order valence-electron chi connectivity index (χ1n) is 11.4. The van der Waals surface area contributed by atoms with Gasteiger partial charge in [0.25, 0.3) is 5.97 Å². The Morgan fingerprint density at radius 1 is 0.758 bits per heavy atom. The van der Waals surface area contributed by atoms with Gasteiger partial charge in [-0.25, -0.2) is 0 Å². The van der Waals surface area contributed by atoms with Crippen LogP contribution in [0.2, 0.25) is 0 Å². The zero-order chi connectivity index (χ0) is 25.3. The summed E-state index contributed by atoms with van der Waals surface area (Å²) in [4.78, 5) is 0. The molecule has 0 radical (unpaired) electrons. The molecule has 0 saturated carbocycles. The molecule has 1 unspecified atom stereocenters. The van der Waals surface area contributed by atoms with Crippen molar-refractivity contribution in [1.82, 2.24) is 0 Å². The normalized spacial score (nSPS) is 14.2. The Morgan fingerprint density at radius 3 is 1.67 bits per heavy atom. The molecule has 1 atom stereocenters. The van der Waals surface area contributed by atoms with E-state index < -0.39 is 35.4 Å². The highest BCUT2D eigenvalue weighted by Gasteiger charge is 2.43. The first-order valence-corrected chi connectivity index (χ1v) is 11.4. The summed E-state index contributed by atoms with van der Waals surface area (Å²) in [7, 11) is 2.71. The van der Waals surface area contributed by atoms with Crippen molar-refractivity contribution in [2.75, 3.05) is 14.2 Å². The molecule has 1 aromatic carbocycles. The molecule has 0 heterocycles. The molecule has 1 aromatic rings. The number of ether oxygens (including phenoxy) is 3. The maximum Gasteiger partial charge on any atom is 0.416 e. The van der Waals surface area contributed by atoms with E-state index in [1.165, 1.54) is 14.2 Å². The maximum absolute atomic E-state index is 13.3. The van der Waals surface area contributed by atoms with Gasteiger partial charge in [-0.05, 0) is 50.5 Å². The summed E-state index contributed by atoms with van der Waals surface area (Å²) in [6.45, 7) is 5.61. The van der Waals surface area contributed by atoms with Gasteiger partial charge in [-0.1, -0.05) is 45.4 Å². The van der Waals surface area contributed by atoms with Crippen LogP contribution in [-0.2, 0) is 33.0 Å². The van der Waals surface area contributed by atoms with Gasteiger partial charge in [0.05, 0.1) is 17.2 Å². The second-order valence-corrected chi connectivity index (χ2v) is 8.55. The Labute approximate surface area is 192 Å². The third-order valence-electron chi connectivity index (χ3n) is 5.50. The van der Waals surface area contributed by atoms with Gasteiger partial charge in [-0.3, -0.25) is 0 Å². The molecule has 0 aliphatic carbocycles. The molecule has 0 aliphatic rings. The summed E-state index contributed by atoms with van der Waals surface area (Å²) >= 11 is 0. The van der Waals surface area contributed by atoms with Crippen LogP contribution in [0.1, 0.15) is 82.4 Å². The number of alkyl halides is 6. The summed E-state index contributed by atoms with van der Waals surface area (Å²) in [5.74, 6) is -2.21. The lowest BCUT2D eigenvalue weighted by Gasteiger charge is -2.39. The smallest absolute Gasteiger partial charge is 0.331 e. The standard InChI is InChI=1S/C24H36F6O3/c1-6-7-8-9-10-11-12-19(24(31-4,32-5)33-17(2)3)13-18-14-20(22(25,26)27)16-21(15-18)23(28,29)30/h14-17,19H,6-13H2,1-5H3. The van der Waals surface area contributed by atoms with Gasteiger partial charge in [0.2, 0.25) is 0 Å². The summed E-state index contributed by atoms with van der Waals surface area (Å²) in [6, 6.07) is 1.65. The molecule has 0 amide bonds. The van der Waals surface area contributed by atoms with Crippen LogP contribution >= 0.6 is 0 Å². The Hall–Kier alpha value is -1.32. The highest BCUT2D eigenvalue weighted by Crippen LogP contribution is 2.39. The van der Waals surface area contributed by atoms with Crippen LogP contribution in [-0.4, -0.2) is 26.3 Å². The number of unbranched alkanes of at least 4 members (excludes halogenated alkanes) is 5. The quantitative estimate of drug-likeness (QED) is 0.151. The predicted molar refractivity (Wildman–Crippen MR) is 115 cm³/mol. The third kappa shape index (κ3) is 9.45. The molecule has 0 N–H and O–H groups in total. The van der Waals surface area contributed by atoms with Gasteiger partial charge < -0.3 is 14.2 Å². The van der Waals surface area contributed by atoms with Crippen LogP contribution < -0.4 is 0 Å². The molecule has 192 valence electrons. The van der Waals surface area contributed by atoms with Crippen LogP contribution in [0.5, 0.6) is 0 Å². The van der Waals surface area contributed by atoms with Crippen molar-refractivity contribution in [1.29, 1.82) is 0 Å². The molecule has 3 nitrogen and oxygen atoms in total. The van der Waals surface area contributed by atoms with Crippen LogP contribution in [0.25, 0.3) is 0 Å². The maximum atomic E-state index is 13.3. The van der Waals surface area contributed by atoms with Crippen molar-refractivity contribution >= 4 is 0 Å². The molecule has 0 saturated heterocycles. The number of halogens is 6. The van der Waals surface area contributed by atoms with Crippen molar-refractivity contribution in [3.05, 3.63) is 34.9 Å². The minimum Gasteiger partial charge on any atom is -0.331 e. The van der Waals surface area contributed by atoms with E-state index in [9.17, 15) is 26.3 Å². The van der Waals surface area contributed by atoms with Gasteiger partial charge in [-0.2, -0.15) is 26.3 Å². The van der Waals surface area contributed by atoms with Crippen molar-refractivity contribution < 1.29 is 40.6 Å². The number of rotatable bonds is 14. The second kappa shape index (κ2) is 13.0. The Balaban J connectivity index is 3.30. The molecule has 0 bridgehead atoms. The predicted octanol–water partition coefficient (Wildman–Crippen LogP) is 8.01. The Bertz CT molecular complexity index is 664. The van der Waals surface area contributed by atoms with Gasteiger partial charge >= 0.3 is 12.4 Å². The summed E-state index contributed by atoms with van der Waals surface area (Å²) in [5, 5.41) is 0. The van der Waals surface area contributed by atoms with E-state index in [-0.39, 0.29) is 24.2 Å².